The van der Waals surface area contributed by atoms with Crippen LogP contribution in [-0.4, -0.2) is 31.7 Å². The number of hydrogen-bond acceptors (Lipinski definition) is 3. The Labute approximate surface area is 171 Å². The fraction of sp³-hybridized carbons (Fsp3) is 0.381. The average Bonchev–Trinajstić information content (AvgIpc) is 2.67. The van der Waals surface area contributed by atoms with Crippen LogP contribution < -0.4 is 5.32 Å². The van der Waals surface area contributed by atoms with Gasteiger partial charge in [0.15, 0.2) is 0 Å². The summed E-state index contributed by atoms with van der Waals surface area (Å²) in [7, 11) is -3.46. The van der Waals surface area contributed by atoms with Gasteiger partial charge >= 0.3 is 0 Å². The minimum Gasteiger partial charge on any atom is -0.352 e. The third-order valence-electron chi connectivity index (χ3n) is 5.09. The fourth-order valence-electron chi connectivity index (χ4n) is 3.39. The smallest absolute Gasteiger partial charge is 0.243 e. The van der Waals surface area contributed by atoms with Crippen molar-refractivity contribution in [2.45, 2.75) is 37.6 Å². The van der Waals surface area contributed by atoms with Gasteiger partial charge in [-0.25, -0.2) is 8.42 Å². The number of piperidine rings is 1. The zero-order valence-corrected chi connectivity index (χ0v) is 17.5. The van der Waals surface area contributed by atoms with E-state index in [2.05, 4.69) is 5.32 Å². The molecule has 1 heterocycles. The fourth-order valence-corrected chi connectivity index (χ4v) is 5.08. The van der Waals surface area contributed by atoms with Gasteiger partial charge in [-0.1, -0.05) is 41.4 Å². The summed E-state index contributed by atoms with van der Waals surface area (Å²) in [5.41, 5.74) is 1.99. The maximum Gasteiger partial charge on any atom is 0.243 e. The number of hydrogen-bond donors (Lipinski definition) is 1. The molecule has 1 N–H and O–H groups in total. The normalized spacial score (nSPS) is 16.1. The largest absolute Gasteiger partial charge is 0.352 e. The van der Waals surface area contributed by atoms with Crippen LogP contribution in [0.3, 0.4) is 0 Å². The van der Waals surface area contributed by atoms with Gasteiger partial charge < -0.3 is 5.32 Å². The summed E-state index contributed by atoms with van der Waals surface area (Å²) in [5, 5.41) is 3.56. The second kappa shape index (κ2) is 9.07. The SMILES string of the molecule is Cc1ccc(S(=O)(=O)N2CCC(CC(=O)NCc3cccc(Cl)c3)CC2)cc1. The Morgan fingerprint density at radius 2 is 1.82 bits per heavy atom. The van der Waals surface area contributed by atoms with Crippen LogP contribution in [0.5, 0.6) is 0 Å². The summed E-state index contributed by atoms with van der Waals surface area (Å²) in [6.45, 7) is 3.27. The van der Waals surface area contributed by atoms with Gasteiger partial charge in [-0.15, -0.1) is 0 Å². The number of amides is 1. The Balaban J connectivity index is 1.48. The van der Waals surface area contributed by atoms with Crippen molar-refractivity contribution in [3.8, 4) is 0 Å². The number of benzene rings is 2. The maximum atomic E-state index is 12.8. The Hall–Kier alpha value is -1.89. The lowest BCUT2D eigenvalue weighted by Crippen LogP contribution is -2.39. The van der Waals surface area contributed by atoms with E-state index in [1.54, 1.807) is 18.2 Å². The molecule has 0 aromatic heterocycles. The molecule has 1 fully saturated rings. The summed E-state index contributed by atoms with van der Waals surface area (Å²) in [6, 6.07) is 14.3. The molecule has 1 aliphatic rings. The van der Waals surface area contributed by atoms with E-state index in [1.165, 1.54) is 4.31 Å². The number of rotatable bonds is 6. The van der Waals surface area contributed by atoms with E-state index in [1.807, 2.05) is 37.3 Å². The highest BCUT2D eigenvalue weighted by molar-refractivity contribution is 7.89. The predicted molar refractivity (Wildman–Crippen MR) is 111 cm³/mol. The van der Waals surface area contributed by atoms with Crippen LogP contribution in [0.15, 0.2) is 53.4 Å². The quantitative estimate of drug-likeness (QED) is 0.773. The molecule has 0 bridgehead atoms. The Morgan fingerprint density at radius 1 is 1.14 bits per heavy atom. The molecule has 0 spiro atoms. The van der Waals surface area contributed by atoms with Crippen LogP contribution in [0.1, 0.15) is 30.4 Å². The van der Waals surface area contributed by atoms with Crippen LogP contribution in [0.2, 0.25) is 5.02 Å². The van der Waals surface area contributed by atoms with E-state index in [-0.39, 0.29) is 11.8 Å². The number of carbonyl (C=O) groups is 1. The number of aryl methyl sites for hydroxylation is 1. The first-order chi connectivity index (χ1) is 13.3. The Morgan fingerprint density at radius 3 is 2.46 bits per heavy atom. The summed E-state index contributed by atoms with van der Waals surface area (Å²) in [5.74, 6) is 0.184. The van der Waals surface area contributed by atoms with E-state index < -0.39 is 10.0 Å². The van der Waals surface area contributed by atoms with E-state index in [9.17, 15) is 13.2 Å². The average molecular weight is 421 g/mol. The molecule has 0 aliphatic carbocycles. The first kappa shape index (κ1) is 20.8. The van der Waals surface area contributed by atoms with Gasteiger partial charge in [-0.05, 0) is 55.5 Å². The van der Waals surface area contributed by atoms with Gasteiger partial charge in [0, 0.05) is 31.1 Å². The lowest BCUT2D eigenvalue weighted by Gasteiger charge is -2.31. The van der Waals surface area contributed by atoms with Crippen molar-refractivity contribution in [1.82, 2.24) is 9.62 Å². The molecule has 1 saturated heterocycles. The zero-order chi connectivity index (χ0) is 20.1. The first-order valence-corrected chi connectivity index (χ1v) is 11.2. The molecule has 0 radical (unpaired) electrons. The molecule has 2 aromatic carbocycles. The predicted octanol–water partition coefficient (Wildman–Crippen LogP) is 3.76. The molecule has 0 saturated carbocycles. The number of sulfonamides is 1. The molecule has 5 nitrogen and oxygen atoms in total. The summed E-state index contributed by atoms with van der Waals surface area (Å²) >= 11 is 5.95. The van der Waals surface area contributed by atoms with Crippen molar-refractivity contribution in [1.29, 1.82) is 0 Å². The molecule has 0 atom stereocenters. The van der Waals surface area contributed by atoms with Crippen molar-refractivity contribution < 1.29 is 13.2 Å². The molecule has 7 heteroatoms. The lowest BCUT2D eigenvalue weighted by atomic mass is 9.94. The molecule has 28 heavy (non-hydrogen) atoms. The van der Waals surface area contributed by atoms with Gasteiger partial charge in [0.25, 0.3) is 0 Å². The Bertz CT molecular complexity index is 921. The highest BCUT2D eigenvalue weighted by Crippen LogP contribution is 2.26. The van der Waals surface area contributed by atoms with Crippen LogP contribution in [0.25, 0.3) is 0 Å². The molecule has 0 unspecified atom stereocenters. The summed E-state index contributed by atoms with van der Waals surface area (Å²) in [4.78, 5) is 12.6. The second-order valence-electron chi connectivity index (χ2n) is 7.27. The van der Waals surface area contributed by atoms with Gasteiger partial charge in [0.2, 0.25) is 15.9 Å². The molecular formula is C21H25ClN2O3S. The van der Waals surface area contributed by atoms with Crippen molar-refractivity contribution in [2.24, 2.45) is 5.92 Å². The monoisotopic (exact) mass is 420 g/mol. The van der Waals surface area contributed by atoms with E-state index in [4.69, 9.17) is 11.6 Å². The van der Waals surface area contributed by atoms with E-state index in [0.717, 1.165) is 11.1 Å². The van der Waals surface area contributed by atoms with Crippen LogP contribution in [-0.2, 0) is 21.4 Å². The number of nitrogens with zero attached hydrogens (tertiary/aromatic N) is 1. The van der Waals surface area contributed by atoms with Crippen molar-refractivity contribution in [3.05, 3.63) is 64.7 Å². The number of halogens is 1. The third kappa shape index (κ3) is 5.34. The van der Waals surface area contributed by atoms with Crippen molar-refractivity contribution >= 4 is 27.5 Å². The number of carbonyl (C=O) groups excluding carboxylic acids is 1. The Kier molecular flexibility index (Phi) is 6.75. The zero-order valence-electron chi connectivity index (χ0n) is 15.9. The molecule has 2 aromatic rings. The topological polar surface area (TPSA) is 66.5 Å². The minimum atomic E-state index is -3.46. The summed E-state index contributed by atoms with van der Waals surface area (Å²) < 4.78 is 27.0. The van der Waals surface area contributed by atoms with Gasteiger partial charge in [-0.2, -0.15) is 4.31 Å². The van der Waals surface area contributed by atoms with Crippen LogP contribution in [0, 0.1) is 12.8 Å². The maximum absolute atomic E-state index is 12.8. The van der Waals surface area contributed by atoms with Gasteiger partial charge in [0.1, 0.15) is 0 Å². The highest BCUT2D eigenvalue weighted by Gasteiger charge is 2.30. The standard InChI is InChI=1S/C21H25ClN2O3S/c1-16-5-7-20(8-6-16)28(26,27)24-11-9-17(10-12-24)14-21(25)23-15-18-3-2-4-19(22)13-18/h2-8,13,17H,9-12,14-15H2,1H3,(H,23,25). The van der Waals surface area contributed by atoms with Crippen molar-refractivity contribution in [2.75, 3.05) is 13.1 Å². The van der Waals surface area contributed by atoms with E-state index in [0.29, 0.717) is 48.8 Å². The van der Waals surface area contributed by atoms with Crippen molar-refractivity contribution in [3.63, 3.8) is 0 Å². The molecule has 1 amide bonds. The molecule has 1 aliphatic heterocycles. The lowest BCUT2D eigenvalue weighted by molar-refractivity contribution is -0.122. The van der Waals surface area contributed by atoms with Gasteiger partial charge in [0.05, 0.1) is 4.90 Å². The molecule has 3 rings (SSSR count). The first-order valence-electron chi connectivity index (χ1n) is 9.42. The minimum absolute atomic E-state index is 0.0141. The molecular weight excluding hydrogens is 396 g/mol. The molecule has 150 valence electrons. The number of nitrogens with one attached hydrogen (secondary N) is 1. The van der Waals surface area contributed by atoms with E-state index >= 15 is 0 Å². The second-order valence-corrected chi connectivity index (χ2v) is 9.65. The third-order valence-corrected chi connectivity index (χ3v) is 7.23. The highest BCUT2D eigenvalue weighted by atomic mass is 35.5. The van der Waals surface area contributed by atoms with Crippen LogP contribution in [0.4, 0.5) is 0 Å². The van der Waals surface area contributed by atoms with Crippen LogP contribution >= 0.6 is 11.6 Å². The summed E-state index contributed by atoms with van der Waals surface area (Å²) in [6.07, 6.45) is 1.80. The van der Waals surface area contributed by atoms with Gasteiger partial charge in [-0.3, -0.25) is 4.79 Å².